The normalized spacial score (nSPS) is 9.62. The van der Waals surface area contributed by atoms with Crippen molar-refractivity contribution in [3.05, 3.63) is 0 Å². The third-order valence-electron chi connectivity index (χ3n) is 2.20. The summed E-state index contributed by atoms with van der Waals surface area (Å²) in [6, 6.07) is -0.160. The first kappa shape index (κ1) is 14.7. The molecule has 5 heteroatoms. The zero-order chi connectivity index (χ0) is 12.2. The van der Waals surface area contributed by atoms with Crippen LogP contribution in [0.5, 0.6) is 0 Å². The molecule has 0 aromatic carbocycles. The maximum atomic E-state index is 11.2. The second kappa shape index (κ2) is 10.3. The monoisotopic (exact) mass is 229 g/mol. The molecule has 0 saturated carbocycles. The summed E-state index contributed by atoms with van der Waals surface area (Å²) >= 11 is 0. The fourth-order valence-corrected chi connectivity index (χ4v) is 1.19. The average Bonchev–Trinajstić information content (AvgIpc) is 2.30. The Kier molecular flexibility index (Phi) is 9.46. The molecule has 0 aliphatic carbocycles. The Morgan fingerprint density at radius 3 is 2.19 bits per heavy atom. The van der Waals surface area contributed by atoms with Gasteiger partial charge in [0.05, 0.1) is 0 Å². The standard InChI is InChI=1S/C11H23N3O2/c1-3-4-7-10(15)13-8-5-6-9-14-11(16)12-2/h3-9H2,1-2H3,(H,13,15)(H2,12,14,16). The molecule has 3 amide bonds. The molecule has 0 aliphatic heterocycles. The third kappa shape index (κ3) is 9.30. The van der Waals surface area contributed by atoms with Gasteiger partial charge in [-0.25, -0.2) is 4.79 Å². The Morgan fingerprint density at radius 2 is 1.62 bits per heavy atom. The van der Waals surface area contributed by atoms with Gasteiger partial charge in [0.15, 0.2) is 0 Å². The molecule has 0 bridgehead atoms. The maximum absolute atomic E-state index is 11.2. The first-order chi connectivity index (χ1) is 7.70. The van der Waals surface area contributed by atoms with E-state index >= 15 is 0 Å². The molecule has 0 fully saturated rings. The van der Waals surface area contributed by atoms with Crippen LogP contribution in [0.3, 0.4) is 0 Å². The molecule has 0 spiro atoms. The van der Waals surface area contributed by atoms with Gasteiger partial charge in [-0.2, -0.15) is 0 Å². The summed E-state index contributed by atoms with van der Waals surface area (Å²) in [7, 11) is 1.59. The Morgan fingerprint density at radius 1 is 1.00 bits per heavy atom. The number of carbonyl (C=O) groups excluding carboxylic acids is 2. The number of carbonyl (C=O) groups is 2. The molecule has 16 heavy (non-hydrogen) atoms. The van der Waals surface area contributed by atoms with Gasteiger partial charge in [-0.1, -0.05) is 13.3 Å². The van der Waals surface area contributed by atoms with Crippen molar-refractivity contribution in [2.24, 2.45) is 0 Å². The van der Waals surface area contributed by atoms with Crippen LogP contribution >= 0.6 is 0 Å². The van der Waals surface area contributed by atoms with Crippen LogP contribution in [0.2, 0.25) is 0 Å². The second-order valence-corrected chi connectivity index (χ2v) is 3.67. The van der Waals surface area contributed by atoms with E-state index in [2.05, 4.69) is 22.9 Å². The first-order valence-electron chi connectivity index (χ1n) is 5.93. The van der Waals surface area contributed by atoms with Crippen molar-refractivity contribution in [2.45, 2.75) is 39.0 Å². The van der Waals surface area contributed by atoms with Crippen molar-refractivity contribution >= 4 is 11.9 Å². The molecular formula is C11H23N3O2. The van der Waals surface area contributed by atoms with Crippen molar-refractivity contribution in [3.8, 4) is 0 Å². The minimum atomic E-state index is -0.160. The van der Waals surface area contributed by atoms with Crippen molar-refractivity contribution in [1.82, 2.24) is 16.0 Å². The largest absolute Gasteiger partial charge is 0.356 e. The van der Waals surface area contributed by atoms with Gasteiger partial charge < -0.3 is 16.0 Å². The van der Waals surface area contributed by atoms with E-state index in [1.54, 1.807) is 7.05 Å². The van der Waals surface area contributed by atoms with E-state index in [0.29, 0.717) is 19.5 Å². The second-order valence-electron chi connectivity index (χ2n) is 3.67. The van der Waals surface area contributed by atoms with Gasteiger partial charge in [-0.3, -0.25) is 4.79 Å². The molecule has 0 aromatic rings. The first-order valence-corrected chi connectivity index (χ1v) is 5.93. The van der Waals surface area contributed by atoms with Crippen LogP contribution in [0, 0.1) is 0 Å². The molecule has 0 heterocycles. The fraction of sp³-hybridized carbons (Fsp3) is 0.818. The lowest BCUT2D eigenvalue weighted by Crippen LogP contribution is -2.33. The molecule has 0 aliphatic rings. The highest BCUT2D eigenvalue weighted by Gasteiger charge is 1.99. The fourth-order valence-electron chi connectivity index (χ4n) is 1.19. The minimum Gasteiger partial charge on any atom is -0.356 e. The quantitative estimate of drug-likeness (QED) is 0.543. The molecule has 94 valence electrons. The Balaban J connectivity index is 3.20. The summed E-state index contributed by atoms with van der Waals surface area (Å²) in [6.07, 6.45) is 4.38. The molecule has 0 aromatic heterocycles. The number of rotatable bonds is 8. The van der Waals surface area contributed by atoms with Crippen LogP contribution in [0.1, 0.15) is 39.0 Å². The van der Waals surface area contributed by atoms with Crippen molar-refractivity contribution < 1.29 is 9.59 Å². The Labute approximate surface area is 97.4 Å². The van der Waals surface area contributed by atoms with Gasteiger partial charge >= 0.3 is 6.03 Å². The van der Waals surface area contributed by atoms with Crippen LogP contribution < -0.4 is 16.0 Å². The summed E-state index contributed by atoms with van der Waals surface area (Å²) in [6.45, 7) is 3.40. The van der Waals surface area contributed by atoms with Gasteiger partial charge in [0.25, 0.3) is 0 Å². The number of unbranched alkanes of at least 4 members (excludes halogenated alkanes) is 2. The number of urea groups is 1. The molecule has 0 saturated heterocycles. The lowest BCUT2D eigenvalue weighted by molar-refractivity contribution is -0.121. The molecule has 3 N–H and O–H groups in total. The van der Waals surface area contributed by atoms with Crippen LogP contribution in [0.15, 0.2) is 0 Å². The zero-order valence-corrected chi connectivity index (χ0v) is 10.3. The van der Waals surface area contributed by atoms with Gasteiger partial charge in [0, 0.05) is 26.6 Å². The lowest BCUT2D eigenvalue weighted by Gasteiger charge is -2.05. The van der Waals surface area contributed by atoms with Crippen LogP contribution in [-0.2, 0) is 4.79 Å². The Hall–Kier alpha value is -1.26. The number of nitrogens with one attached hydrogen (secondary N) is 3. The number of hydrogen-bond acceptors (Lipinski definition) is 2. The minimum absolute atomic E-state index is 0.126. The predicted molar refractivity (Wildman–Crippen MR) is 64.2 cm³/mol. The Bertz CT molecular complexity index is 207. The molecule has 0 radical (unpaired) electrons. The van der Waals surface area contributed by atoms with E-state index in [-0.39, 0.29) is 11.9 Å². The van der Waals surface area contributed by atoms with Gasteiger partial charge in [0.1, 0.15) is 0 Å². The van der Waals surface area contributed by atoms with Crippen LogP contribution in [-0.4, -0.2) is 32.1 Å². The number of amides is 3. The van der Waals surface area contributed by atoms with Crippen molar-refractivity contribution in [2.75, 3.05) is 20.1 Å². The van der Waals surface area contributed by atoms with Crippen LogP contribution in [0.4, 0.5) is 4.79 Å². The highest BCUT2D eigenvalue weighted by atomic mass is 16.2. The number of hydrogen-bond donors (Lipinski definition) is 3. The summed E-state index contributed by atoms with van der Waals surface area (Å²) < 4.78 is 0. The lowest BCUT2D eigenvalue weighted by atomic mass is 10.2. The summed E-state index contributed by atoms with van der Waals surface area (Å²) in [5.74, 6) is 0.126. The molecule has 0 atom stereocenters. The predicted octanol–water partition coefficient (Wildman–Crippen LogP) is 1.00. The summed E-state index contributed by atoms with van der Waals surface area (Å²) in [5, 5.41) is 8.02. The molecule has 5 nitrogen and oxygen atoms in total. The van der Waals surface area contributed by atoms with E-state index in [1.807, 2.05) is 0 Å². The van der Waals surface area contributed by atoms with Gasteiger partial charge in [0.2, 0.25) is 5.91 Å². The SMILES string of the molecule is CCCCC(=O)NCCCCNC(=O)NC. The summed E-state index contributed by atoms with van der Waals surface area (Å²) in [4.78, 5) is 22.0. The van der Waals surface area contributed by atoms with E-state index < -0.39 is 0 Å². The van der Waals surface area contributed by atoms with E-state index in [0.717, 1.165) is 25.7 Å². The molecule has 0 rings (SSSR count). The topological polar surface area (TPSA) is 70.2 Å². The van der Waals surface area contributed by atoms with E-state index in [1.165, 1.54) is 0 Å². The van der Waals surface area contributed by atoms with E-state index in [4.69, 9.17) is 0 Å². The van der Waals surface area contributed by atoms with Gasteiger partial charge in [-0.15, -0.1) is 0 Å². The smallest absolute Gasteiger partial charge is 0.314 e. The van der Waals surface area contributed by atoms with Gasteiger partial charge in [-0.05, 0) is 19.3 Å². The third-order valence-corrected chi connectivity index (χ3v) is 2.20. The summed E-state index contributed by atoms with van der Waals surface area (Å²) in [5.41, 5.74) is 0. The van der Waals surface area contributed by atoms with E-state index in [9.17, 15) is 9.59 Å². The maximum Gasteiger partial charge on any atom is 0.314 e. The molecular weight excluding hydrogens is 206 g/mol. The highest BCUT2D eigenvalue weighted by Crippen LogP contribution is 1.93. The van der Waals surface area contributed by atoms with Crippen LogP contribution in [0.25, 0.3) is 0 Å². The van der Waals surface area contributed by atoms with Crippen molar-refractivity contribution in [1.29, 1.82) is 0 Å². The highest BCUT2D eigenvalue weighted by molar-refractivity contribution is 5.75. The average molecular weight is 229 g/mol. The zero-order valence-electron chi connectivity index (χ0n) is 10.3. The van der Waals surface area contributed by atoms with Crippen molar-refractivity contribution in [3.63, 3.8) is 0 Å². The molecule has 0 unspecified atom stereocenters.